The zero-order valence-electron chi connectivity index (χ0n) is 15.6. The summed E-state index contributed by atoms with van der Waals surface area (Å²) in [5.41, 5.74) is 0.492. The Kier molecular flexibility index (Phi) is 8.35. The summed E-state index contributed by atoms with van der Waals surface area (Å²) in [6.45, 7) is 9.60. The van der Waals surface area contributed by atoms with E-state index in [1.165, 1.54) is 0 Å². The maximum Gasteiger partial charge on any atom is 0.251 e. The molecular formula is C19H29ClN4O2. The minimum absolute atomic E-state index is 0.000538. The lowest BCUT2D eigenvalue weighted by Gasteiger charge is -2.27. The summed E-state index contributed by atoms with van der Waals surface area (Å²) in [6.07, 6.45) is 0.904. The second-order valence-electron chi connectivity index (χ2n) is 6.94. The van der Waals surface area contributed by atoms with Gasteiger partial charge in [-0.3, -0.25) is 9.59 Å². The molecule has 1 aliphatic heterocycles. The van der Waals surface area contributed by atoms with Gasteiger partial charge in [-0.2, -0.15) is 0 Å². The molecule has 2 amide bonds. The molecule has 1 saturated heterocycles. The lowest BCUT2D eigenvalue weighted by molar-refractivity contribution is -0.123. The molecule has 7 heteroatoms. The molecular weight excluding hydrogens is 352 g/mol. The van der Waals surface area contributed by atoms with Crippen LogP contribution in [-0.2, 0) is 4.79 Å². The van der Waals surface area contributed by atoms with Crippen molar-refractivity contribution in [1.82, 2.24) is 20.9 Å². The van der Waals surface area contributed by atoms with Gasteiger partial charge in [0.05, 0.1) is 0 Å². The fourth-order valence-electron chi connectivity index (χ4n) is 2.92. The minimum Gasteiger partial charge on any atom is -0.354 e. The number of carbonyl (C=O) groups excluding carboxylic acids is 2. The Labute approximate surface area is 160 Å². The highest BCUT2D eigenvalue weighted by Gasteiger charge is 2.24. The van der Waals surface area contributed by atoms with Gasteiger partial charge >= 0.3 is 0 Å². The van der Waals surface area contributed by atoms with Gasteiger partial charge < -0.3 is 20.9 Å². The fourth-order valence-corrected chi connectivity index (χ4v) is 3.05. The van der Waals surface area contributed by atoms with E-state index < -0.39 is 6.04 Å². The molecule has 1 fully saturated rings. The molecule has 6 nitrogen and oxygen atoms in total. The van der Waals surface area contributed by atoms with Crippen LogP contribution in [0.15, 0.2) is 24.3 Å². The molecule has 2 rings (SSSR count). The number of carbonyl (C=O) groups is 2. The number of nitrogens with zero attached hydrogens (tertiary/aromatic N) is 1. The Hall–Kier alpha value is -1.63. The average Bonchev–Trinajstić information content (AvgIpc) is 2.64. The van der Waals surface area contributed by atoms with Crippen molar-refractivity contribution in [2.24, 2.45) is 5.92 Å². The zero-order valence-corrected chi connectivity index (χ0v) is 16.3. The van der Waals surface area contributed by atoms with Crippen molar-refractivity contribution in [3.8, 4) is 0 Å². The summed E-state index contributed by atoms with van der Waals surface area (Å²) in [6, 6.07) is 6.08. The van der Waals surface area contributed by atoms with E-state index in [1.807, 2.05) is 13.8 Å². The van der Waals surface area contributed by atoms with E-state index in [4.69, 9.17) is 11.6 Å². The highest BCUT2D eigenvalue weighted by Crippen LogP contribution is 2.10. The molecule has 3 N–H and O–H groups in total. The predicted molar refractivity (Wildman–Crippen MR) is 104 cm³/mol. The molecule has 0 radical (unpaired) electrons. The van der Waals surface area contributed by atoms with Gasteiger partial charge in [0.15, 0.2) is 0 Å². The molecule has 1 aromatic carbocycles. The fraction of sp³-hybridized carbons (Fsp3) is 0.579. The Bertz CT molecular complexity index is 586. The summed E-state index contributed by atoms with van der Waals surface area (Å²) in [4.78, 5) is 27.2. The molecule has 1 aliphatic rings. The molecule has 26 heavy (non-hydrogen) atoms. The topological polar surface area (TPSA) is 73.5 Å². The van der Waals surface area contributed by atoms with Gasteiger partial charge in [-0.05, 0) is 43.1 Å². The first-order valence-corrected chi connectivity index (χ1v) is 9.62. The van der Waals surface area contributed by atoms with E-state index in [2.05, 4.69) is 20.9 Å². The van der Waals surface area contributed by atoms with Crippen molar-refractivity contribution >= 4 is 23.4 Å². The van der Waals surface area contributed by atoms with Crippen LogP contribution in [0.1, 0.15) is 30.6 Å². The normalized spacial score (nSPS) is 16.3. The number of benzene rings is 1. The number of hydrogen-bond acceptors (Lipinski definition) is 4. The number of amides is 2. The predicted octanol–water partition coefficient (Wildman–Crippen LogP) is 1.51. The van der Waals surface area contributed by atoms with Gasteiger partial charge in [0, 0.05) is 43.3 Å². The van der Waals surface area contributed by atoms with Crippen LogP contribution in [0.25, 0.3) is 0 Å². The summed E-state index contributed by atoms with van der Waals surface area (Å²) in [5.74, 6) is -0.404. The van der Waals surface area contributed by atoms with Crippen molar-refractivity contribution in [1.29, 1.82) is 0 Å². The molecule has 0 bridgehead atoms. The highest BCUT2D eigenvalue weighted by atomic mass is 35.5. The summed E-state index contributed by atoms with van der Waals surface area (Å²) >= 11 is 5.85. The SMILES string of the molecule is CC(C)C(NC(=O)c1ccc(Cl)cc1)C(=O)NCCCN1CCNCC1. The number of rotatable bonds is 8. The molecule has 0 aromatic heterocycles. The largest absolute Gasteiger partial charge is 0.354 e. The molecule has 1 atom stereocenters. The van der Waals surface area contributed by atoms with Crippen molar-refractivity contribution in [3.05, 3.63) is 34.9 Å². The quantitative estimate of drug-likeness (QED) is 0.598. The Balaban J connectivity index is 1.78. The summed E-state index contributed by atoms with van der Waals surface area (Å²) in [5, 5.41) is 9.68. The van der Waals surface area contributed by atoms with Crippen LogP contribution in [0, 0.1) is 5.92 Å². The molecule has 1 heterocycles. The van der Waals surface area contributed by atoms with Gasteiger partial charge in [0.25, 0.3) is 5.91 Å². The van der Waals surface area contributed by atoms with Crippen molar-refractivity contribution in [3.63, 3.8) is 0 Å². The van der Waals surface area contributed by atoms with Crippen LogP contribution in [0.2, 0.25) is 5.02 Å². The van der Waals surface area contributed by atoms with Crippen molar-refractivity contribution in [2.75, 3.05) is 39.3 Å². The molecule has 0 spiro atoms. The first-order chi connectivity index (χ1) is 12.5. The first-order valence-electron chi connectivity index (χ1n) is 9.24. The molecule has 1 unspecified atom stereocenters. The van der Waals surface area contributed by atoms with E-state index in [1.54, 1.807) is 24.3 Å². The van der Waals surface area contributed by atoms with Crippen LogP contribution in [0.5, 0.6) is 0 Å². The number of hydrogen-bond donors (Lipinski definition) is 3. The molecule has 144 valence electrons. The van der Waals surface area contributed by atoms with Gasteiger partial charge in [0.2, 0.25) is 5.91 Å². The smallest absolute Gasteiger partial charge is 0.251 e. The lowest BCUT2D eigenvalue weighted by atomic mass is 10.0. The van der Waals surface area contributed by atoms with Crippen LogP contribution >= 0.6 is 11.6 Å². The average molecular weight is 381 g/mol. The van der Waals surface area contributed by atoms with Gasteiger partial charge in [-0.15, -0.1) is 0 Å². The van der Waals surface area contributed by atoms with Crippen molar-refractivity contribution in [2.45, 2.75) is 26.3 Å². The Morgan fingerprint density at radius 2 is 1.85 bits per heavy atom. The van der Waals surface area contributed by atoms with Gasteiger partial charge in [0.1, 0.15) is 6.04 Å². The number of halogens is 1. The Morgan fingerprint density at radius 3 is 2.46 bits per heavy atom. The van der Waals surface area contributed by atoms with Crippen LogP contribution in [0.3, 0.4) is 0 Å². The lowest BCUT2D eigenvalue weighted by Crippen LogP contribution is -2.50. The third-order valence-electron chi connectivity index (χ3n) is 4.50. The maximum absolute atomic E-state index is 12.5. The molecule has 0 aliphatic carbocycles. The standard InChI is InChI=1S/C19H29ClN4O2/c1-14(2)17(23-18(25)15-4-6-16(20)7-5-15)19(26)22-8-3-11-24-12-9-21-10-13-24/h4-7,14,17,21H,3,8-13H2,1-2H3,(H,22,26)(H,23,25). The van der Waals surface area contributed by atoms with E-state index >= 15 is 0 Å². The monoisotopic (exact) mass is 380 g/mol. The number of piperazine rings is 1. The summed E-state index contributed by atoms with van der Waals surface area (Å²) < 4.78 is 0. The van der Waals surface area contributed by atoms with Gasteiger partial charge in [-0.1, -0.05) is 25.4 Å². The second-order valence-corrected chi connectivity index (χ2v) is 7.37. The third kappa shape index (κ3) is 6.59. The second kappa shape index (κ2) is 10.5. The molecule has 0 saturated carbocycles. The van der Waals surface area contributed by atoms with E-state index in [0.29, 0.717) is 17.1 Å². The number of nitrogens with one attached hydrogen (secondary N) is 3. The third-order valence-corrected chi connectivity index (χ3v) is 4.75. The van der Waals surface area contributed by atoms with Crippen LogP contribution < -0.4 is 16.0 Å². The Morgan fingerprint density at radius 1 is 1.19 bits per heavy atom. The van der Waals surface area contributed by atoms with E-state index in [-0.39, 0.29) is 17.7 Å². The first kappa shape index (κ1) is 20.7. The van der Waals surface area contributed by atoms with E-state index in [0.717, 1.165) is 39.1 Å². The summed E-state index contributed by atoms with van der Waals surface area (Å²) in [7, 11) is 0. The van der Waals surface area contributed by atoms with Crippen LogP contribution in [0.4, 0.5) is 0 Å². The van der Waals surface area contributed by atoms with Gasteiger partial charge in [-0.25, -0.2) is 0 Å². The van der Waals surface area contributed by atoms with Crippen molar-refractivity contribution < 1.29 is 9.59 Å². The van der Waals surface area contributed by atoms with Crippen LogP contribution in [-0.4, -0.2) is 62.0 Å². The highest BCUT2D eigenvalue weighted by molar-refractivity contribution is 6.30. The maximum atomic E-state index is 12.5. The zero-order chi connectivity index (χ0) is 18.9. The molecule has 1 aromatic rings. The minimum atomic E-state index is -0.558. The van der Waals surface area contributed by atoms with E-state index in [9.17, 15) is 9.59 Å².